The second-order valence-electron chi connectivity index (χ2n) is 6.16. The zero-order valence-electron chi connectivity index (χ0n) is 16.3. The number of hydrogen-bond donors (Lipinski definition) is 2. The van der Waals surface area contributed by atoms with E-state index in [1.165, 1.54) is 16.1 Å². The molecular weight excluding hydrogens is 483 g/mol. The molecule has 3 rings (SSSR count). The average molecular weight is 510 g/mol. The van der Waals surface area contributed by atoms with Crippen LogP contribution in [0.25, 0.3) is 0 Å². The third kappa shape index (κ3) is 6.59. The van der Waals surface area contributed by atoms with Crippen molar-refractivity contribution in [2.75, 3.05) is 13.6 Å². The Hall–Kier alpha value is -1.94. The van der Waals surface area contributed by atoms with Crippen molar-refractivity contribution in [2.45, 2.75) is 32.9 Å². The van der Waals surface area contributed by atoms with Gasteiger partial charge in [-0.2, -0.15) is 5.10 Å². The van der Waals surface area contributed by atoms with Crippen LogP contribution in [0.2, 0.25) is 0 Å². The van der Waals surface area contributed by atoms with Crippen LogP contribution in [-0.2, 0) is 25.9 Å². The van der Waals surface area contributed by atoms with Crippen molar-refractivity contribution in [1.29, 1.82) is 0 Å². The van der Waals surface area contributed by atoms with Crippen LogP contribution in [0.3, 0.4) is 0 Å². The lowest BCUT2D eigenvalue weighted by Crippen LogP contribution is -2.38. The van der Waals surface area contributed by atoms with E-state index in [2.05, 4.69) is 62.3 Å². The minimum Gasteiger partial charge on any atom is -0.356 e. The quantitative estimate of drug-likeness (QED) is 0.277. The molecule has 0 aliphatic rings. The van der Waals surface area contributed by atoms with Gasteiger partial charge in [-0.3, -0.25) is 9.67 Å². The second-order valence-corrected chi connectivity index (χ2v) is 7.10. The van der Waals surface area contributed by atoms with Crippen LogP contribution in [0.4, 0.5) is 0 Å². The van der Waals surface area contributed by atoms with E-state index in [1.54, 1.807) is 24.6 Å². The maximum Gasteiger partial charge on any atom is 0.191 e. The number of aryl methyl sites for hydroxylation is 1. The first-order valence-corrected chi connectivity index (χ1v) is 10.1. The van der Waals surface area contributed by atoms with Crippen LogP contribution >= 0.6 is 35.3 Å². The molecule has 2 aromatic heterocycles. The Balaban J connectivity index is 0.00000280. The van der Waals surface area contributed by atoms with Crippen LogP contribution in [-0.4, -0.2) is 34.3 Å². The molecule has 0 spiro atoms. The van der Waals surface area contributed by atoms with Gasteiger partial charge in [-0.05, 0) is 23.6 Å². The van der Waals surface area contributed by atoms with Crippen molar-refractivity contribution in [1.82, 2.24) is 25.4 Å². The van der Waals surface area contributed by atoms with E-state index in [1.807, 2.05) is 16.9 Å². The van der Waals surface area contributed by atoms with Gasteiger partial charge >= 0.3 is 0 Å². The molecule has 0 aliphatic carbocycles. The Labute approximate surface area is 187 Å². The van der Waals surface area contributed by atoms with Gasteiger partial charge < -0.3 is 10.6 Å². The number of thiazole rings is 1. The standard InChI is InChI=1S/C20H26N6S.HI/c1-3-19-25-18(15-27-19)9-11-22-20(21-2)23-13-16-7-4-5-8-17(16)14-26-12-6-10-24-26;/h4-8,10,12,15H,3,9,11,13-14H2,1-2H3,(H2,21,22,23);1H. The number of aliphatic imine (C=N–C) groups is 1. The van der Waals surface area contributed by atoms with Gasteiger partial charge in [-0.25, -0.2) is 4.98 Å². The third-order valence-electron chi connectivity index (χ3n) is 4.26. The number of halogens is 1. The molecule has 0 unspecified atom stereocenters. The van der Waals surface area contributed by atoms with Gasteiger partial charge in [-0.15, -0.1) is 35.3 Å². The smallest absolute Gasteiger partial charge is 0.191 e. The van der Waals surface area contributed by atoms with Gasteiger partial charge in [0.05, 0.1) is 17.2 Å². The van der Waals surface area contributed by atoms with E-state index in [-0.39, 0.29) is 24.0 Å². The van der Waals surface area contributed by atoms with E-state index in [0.717, 1.165) is 37.6 Å². The van der Waals surface area contributed by atoms with Crippen molar-refractivity contribution in [3.05, 3.63) is 69.9 Å². The van der Waals surface area contributed by atoms with Crippen molar-refractivity contribution in [3.63, 3.8) is 0 Å². The third-order valence-corrected chi connectivity index (χ3v) is 5.30. The number of benzene rings is 1. The molecule has 2 N–H and O–H groups in total. The Morgan fingerprint density at radius 1 is 1.18 bits per heavy atom. The molecule has 0 fully saturated rings. The SMILES string of the molecule is CCc1nc(CCNC(=NC)NCc2ccccc2Cn2cccn2)cs1.I. The summed E-state index contributed by atoms with van der Waals surface area (Å²) in [6, 6.07) is 10.3. The Morgan fingerprint density at radius 3 is 2.68 bits per heavy atom. The maximum atomic E-state index is 4.60. The molecule has 3 aromatic rings. The van der Waals surface area contributed by atoms with Gasteiger partial charge in [0.25, 0.3) is 0 Å². The summed E-state index contributed by atoms with van der Waals surface area (Å²) in [7, 11) is 1.79. The highest BCUT2D eigenvalue weighted by Crippen LogP contribution is 2.11. The van der Waals surface area contributed by atoms with Crippen molar-refractivity contribution in [2.24, 2.45) is 4.99 Å². The maximum absolute atomic E-state index is 4.60. The number of hydrogen-bond acceptors (Lipinski definition) is 4. The fourth-order valence-electron chi connectivity index (χ4n) is 2.79. The molecule has 0 saturated heterocycles. The first kappa shape index (κ1) is 22.4. The van der Waals surface area contributed by atoms with Crippen molar-refractivity contribution >= 4 is 41.3 Å². The van der Waals surface area contributed by atoms with E-state index >= 15 is 0 Å². The summed E-state index contributed by atoms with van der Waals surface area (Å²) in [4.78, 5) is 8.92. The van der Waals surface area contributed by atoms with Crippen LogP contribution in [0, 0.1) is 0 Å². The number of nitrogens with one attached hydrogen (secondary N) is 2. The summed E-state index contributed by atoms with van der Waals surface area (Å²) in [5.74, 6) is 0.801. The molecule has 1 aromatic carbocycles. The lowest BCUT2D eigenvalue weighted by atomic mass is 10.1. The predicted molar refractivity (Wildman–Crippen MR) is 127 cm³/mol. The molecule has 0 atom stereocenters. The average Bonchev–Trinajstić information content (AvgIpc) is 3.37. The van der Waals surface area contributed by atoms with E-state index < -0.39 is 0 Å². The fourth-order valence-corrected chi connectivity index (χ4v) is 3.57. The lowest BCUT2D eigenvalue weighted by Gasteiger charge is -2.14. The summed E-state index contributed by atoms with van der Waals surface area (Å²) in [5, 5.41) is 14.4. The highest BCUT2D eigenvalue weighted by molar-refractivity contribution is 14.0. The van der Waals surface area contributed by atoms with Gasteiger partial charge in [0.2, 0.25) is 0 Å². The van der Waals surface area contributed by atoms with Crippen LogP contribution in [0.15, 0.2) is 53.1 Å². The molecule has 8 heteroatoms. The highest BCUT2D eigenvalue weighted by Gasteiger charge is 2.05. The molecule has 0 saturated carbocycles. The van der Waals surface area contributed by atoms with Gasteiger partial charge in [-0.1, -0.05) is 31.2 Å². The molecule has 6 nitrogen and oxygen atoms in total. The van der Waals surface area contributed by atoms with E-state index in [9.17, 15) is 0 Å². The van der Waals surface area contributed by atoms with Crippen LogP contribution in [0.1, 0.15) is 28.8 Å². The lowest BCUT2D eigenvalue weighted by molar-refractivity contribution is 0.677. The zero-order valence-corrected chi connectivity index (χ0v) is 19.4. The molecule has 0 radical (unpaired) electrons. The monoisotopic (exact) mass is 510 g/mol. The molecule has 28 heavy (non-hydrogen) atoms. The van der Waals surface area contributed by atoms with Gasteiger partial charge in [0.1, 0.15) is 0 Å². The summed E-state index contributed by atoms with van der Waals surface area (Å²) < 4.78 is 1.93. The summed E-state index contributed by atoms with van der Waals surface area (Å²) in [6.07, 6.45) is 5.68. The van der Waals surface area contributed by atoms with Crippen LogP contribution in [0.5, 0.6) is 0 Å². The first-order valence-electron chi connectivity index (χ1n) is 9.20. The van der Waals surface area contributed by atoms with Crippen LogP contribution < -0.4 is 10.6 Å². The van der Waals surface area contributed by atoms with E-state index in [4.69, 9.17) is 0 Å². The van der Waals surface area contributed by atoms with Gasteiger partial charge in [0, 0.05) is 44.3 Å². The Morgan fingerprint density at radius 2 is 2.00 bits per heavy atom. The number of rotatable bonds is 8. The molecule has 0 aliphatic heterocycles. The number of aromatic nitrogens is 3. The van der Waals surface area contributed by atoms with Crippen molar-refractivity contribution < 1.29 is 0 Å². The normalized spacial score (nSPS) is 11.1. The highest BCUT2D eigenvalue weighted by atomic mass is 127. The predicted octanol–water partition coefficient (Wildman–Crippen LogP) is 3.48. The summed E-state index contributed by atoms with van der Waals surface area (Å²) in [5.41, 5.74) is 3.63. The molecule has 2 heterocycles. The zero-order chi connectivity index (χ0) is 18.9. The van der Waals surface area contributed by atoms with E-state index in [0.29, 0.717) is 6.54 Å². The van der Waals surface area contributed by atoms with Crippen molar-refractivity contribution in [3.8, 4) is 0 Å². The number of nitrogens with zero attached hydrogens (tertiary/aromatic N) is 4. The fraction of sp³-hybridized carbons (Fsp3) is 0.350. The molecule has 150 valence electrons. The minimum absolute atomic E-state index is 0. The topological polar surface area (TPSA) is 67.1 Å². The Bertz CT molecular complexity index is 859. The summed E-state index contributed by atoms with van der Waals surface area (Å²) >= 11 is 1.73. The molecule has 0 amide bonds. The second kappa shape index (κ2) is 11.8. The largest absolute Gasteiger partial charge is 0.356 e. The minimum atomic E-state index is 0. The Kier molecular flexibility index (Phi) is 9.42. The summed E-state index contributed by atoms with van der Waals surface area (Å²) in [6.45, 7) is 4.42. The van der Waals surface area contributed by atoms with Gasteiger partial charge in [0.15, 0.2) is 5.96 Å². The first-order chi connectivity index (χ1) is 13.3. The molecule has 0 bridgehead atoms. The number of guanidine groups is 1. The molecular formula is C20H27IN6S.